The lowest BCUT2D eigenvalue weighted by molar-refractivity contribution is 0.0526. The Bertz CT molecular complexity index is 648. The van der Waals surface area contributed by atoms with E-state index in [2.05, 4.69) is 19.2 Å². The summed E-state index contributed by atoms with van der Waals surface area (Å²) < 4.78 is 5.01. The van der Waals surface area contributed by atoms with E-state index in [1.165, 1.54) is 10.4 Å². The summed E-state index contributed by atoms with van der Waals surface area (Å²) in [6.07, 6.45) is 0. The summed E-state index contributed by atoms with van der Waals surface area (Å²) in [5.74, 6) is -0.288. The van der Waals surface area contributed by atoms with Crippen molar-refractivity contribution in [3.63, 3.8) is 0 Å². The summed E-state index contributed by atoms with van der Waals surface area (Å²) in [5.41, 5.74) is 1.56. The van der Waals surface area contributed by atoms with Gasteiger partial charge in [-0.3, -0.25) is 0 Å². The molecule has 2 aromatic carbocycles. The van der Waals surface area contributed by atoms with E-state index >= 15 is 0 Å². The van der Waals surface area contributed by atoms with Crippen LogP contribution >= 0.6 is 0 Å². The zero-order valence-corrected chi connectivity index (χ0v) is 14.3. The smallest absolute Gasteiger partial charge is 0.338 e. The van der Waals surface area contributed by atoms with Crippen molar-refractivity contribution in [1.29, 1.82) is 0 Å². The van der Waals surface area contributed by atoms with Gasteiger partial charge in [-0.05, 0) is 29.8 Å². The molecule has 0 unspecified atom stereocenters. The molecule has 2 aromatic rings. The second-order valence-corrected chi connectivity index (χ2v) is 10.1. The standard InChI is InChI=1S/C18H22O3Si/c1-4-21-18(20)14-9-11-16(12-10-14)22(2,3)17-8-6-5-7-15(17)13-19/h5-12,19H,4,13H2,1-3H3. The number of aliphatic hydroxyl groups is 1. The Balaban J connectivity index is 2.35. The van der Waals surface area contributed by atoms with Crippen molar-refractivity contribution >= 4 is 24.4 Å². The van der Waals surface area contributed by atoms with Crippen molar-refractivity contribution in [2.24, 2.45) is 0 Å². The zero-order chi connectivity index (χ0) is 16.2. The molecule has 0 fully saturated rings. The number of hydrogen-bond acceptors (Lipinski definition) is 3. The van der Waals surface area contributed by atoms with Gasteiger partial charge in [0.2, 0.25) is 0 Å². The minimum Gasteiger partial charge on any atom is -0.462 e. The molecular weight excluding hydrogens is 292 g/mol. The van der Waals surface area contributed by atoms with Gasteiger partial charge in [0.25, 0.3) is 0 Å². The number of carbonyl (C=O) groups excluding carboxylic acids is 1. The van der Waals surface area contributed by atoms with Gasteiger partial charge in [-0.2, -0.15) is 0 Å². The topological polar surface area (TPSA) is 46.5 Å². The van der Waals surface area contributed by atoms with Crippen LogP contribution in [0.15, 0.2) is 48.5 Å². The van der Waals surface area contributed by atoms with Crippen molar-refractivity contribution in [3.8, 4) is 0 Å². The van der Waals surface area contributed by atoms with Crippen molar-refractivity contribution in [2.75, 3.05) is 6.61 Å². The average molecular weight is 314 g/mol. The molecule has 1 N–H and O–H groups in total. The lowest BCUT2D eigenvalue weighted by Crippen LogP contribution is -2.54. The predicted octanol–water partition coefficient (Wildman–Crippen LogP) is 2.18. The van der Waals surface area contributed by atoms with E-state index in [-0.39, 0.29) is 12.6 Å². The molecule has 116 valence electrons. The van der Waals surface area contributed by atoms with Gasteiger partial charge in [-0.15, -0.1) is 0 Å². The van der Waals surface area contributed by atoms with Gasteiger partial charge in [-0.1, -0.05) is 54.7 Å². The number of aliphatic hydroxyl groups excluding tert-OH is 1. The van der Waals surface area contributed by atoms with Crippen LogP contribution in [0.2, 0.25) is 13.1 Å². The van der Waals surface area contributed by atoms with E-state index in [9.17, 15) is 9.90 Å². The molecule has 4 heteroatoms. The van der Waals surface area contributed by atoms with Crippen LogP contribution in [-0.4, -0.2) is 25.8 Å². The Labute approximate surface area is 132 Å². The number of ether oxygens (including phenoxy) is 1. The Hall–Kier alpha value is -1.91. The van der Waals surface area contributed by atoms with Crippen LogP contribution in [0.3, 0.4) is 0 Å². The van der Waals surface area contributed by atoms with Crippen LogP contribution in [0.4, 0.5) is 0 Å². The second-order valence-electron chi connectivity index (χ2n) is 5.74. The summed E-state index contributed by atoms with van der Waals surface area (Å²) in [6.45, 7) is 6.73. The number of esters is 1. The maximum absolute atomic E-state index is 11.7. The second kappa shape index (κ2) is 6.90. The molecule has 0 aliphatic rings. The van der Waals surface area contributed by atoms with Gasteiger partial charge in [0, 0.05) is 0 Å². The Morgan fingerprint density at radius 1 is 1.09 bits per heavy atom. The first-order valence-electron chi connectivity index (χ1n) is 7.47. The zero-order valence-electron chi connectivity index (χ0n) is 13.3. The number of benzene rings is 2. The van der Waals surface area contributed by atoms with E-state index in [1.54, 1.807) is 6.92 Å². The third-order valence-electron chi connectivity index (χ3n) is 3.98. The number of rotatable bonds is 5. The van der Waals surface area contributed by atoms with Gasteiger partial charge < -0.3 is 9.84 Å². The molecule has 0 saturated carbocycles. The Morgan fingerprint density at radius 3 is 2.32 bits per heavy atom. The fourth-order valence-corrected chi connectivity index (χ4v) is 5.45. The Kier molecular flexibility index (Phi) is 5.16. The molecule has 0 amide bonds. The lowest BCUT2D eigenvalue weighted by Gasteiger charge is -2.26. The minimum atomic E-state index is -1.91. The molecule has 0 saturated heterocycles. The third kappa shape index (κ3) is 3.29. The molecule has 0 aliphatic heterocycles. The van der Waals surface area contributed by atoms with E-state index in [1.807, 2.05) is 42.5 Å². The van der Waals surface area contributed by atoms with Crippen molar-refractivity contribution in [2.45, 2.75) is 26.6 Å². The summed E-state index contributed by atoms with van der Waals surface area (Å²) in [4.78, 5) is 11.7. The summed E-state index contributed by atoms with van der Waals surface area (Å²) in [7, 11) is -1.91. The van der Waals surface area contributed by atoms with Gasteiger partial charge >= 0.3 is 5.97 Å². The van der Waals surface area contributed by atoms with Crippen molar-refractivity contribution < 1.29 is 14.6 Å². The monoisotopic (exact) mass is 314 g/mol. The SMILES string of the molecule is CCOC(=O)c1ccc([Si](C)(C)c2ccccc2CO)cc1. The van der Waals surface area contributed by atoms with Crippen LogP contribution in [-0.2, 0) is 11.3 Å². The fraction of sp³-hybridized carbons (Fsp3) is 0.278. The highest BCUT2D eigenvalue weighted by molar-refractivity contribution is 7.00. The first-order chi connectivity index (χ1) is 10.5. The number of hydrogen-bond donors (Lipinski definition) is 1. The molecule has 0 heterocycles. The van der Waals surface area contributed by atoms with Crippen molar-refractivity contribution in [1.82, 2.24) is 0 Å². The molecule has 0 aromatic heterocycles. The summed E-state index contributed by atoms with van der Waals surface area (Å²) >= 11 is 0. The first kappa shape index (κ1) is 16.5. The lowest BCUT2D eigenvalue weighted by atomic mass is 10.2. The van der Waals surface area contributed by atoms with Crippen LogP contribution in [0, 0.1) is 0 Å². The van der Waals surface area contributed by atoms with Crippen LogP contribution in [0.25, 0.3) is 0 Å². The molecule has 22 heavy (non-hydrogen) atoms. The normalized spacial score (nSPS) is 11.3. The predicted molar refractivity (Wildman–Crippen MR) is 91.5 cm³/mol. The molecule has 0 bridgehead atoms. The number of carbonyl (C=O) groups is 1. The Morgan fingerprint density at radius 2 is 1.73 bits per heavy atom. The highest BCUT2D eigenvalue weighted by atomic mass is 28.3. The highest BCUT2D eigenvalue weighted by Crippen LogP contribution is 2.10. The maximum atomic E-state index is 11.7. The van der Waals surface area contributed by atoms with Crippen LogP contribution < -0.4 is 10.4 Å². The van der Waals surface area contributed by atoms with Crippen LogP contribution in [0.5, 0.6) is 0 Å². The van der Waals surface area contributed by atoms with E-state index in [0.717, 1.165) is 5.56 Å². The van der Waals surface area contributed by atoms with E-state index in [0.29, 0.717) is 12.2 Å². The van der Waals surface area contributed by atoms with Gasteiger partial charge in [0.1, 0.15) is 8.07 Å². The molecule has 0 aliphatic carbocycles. The molecular formula is C18H22O3Si. The maximum Gasteiger partial charge on any atom is 0.338 e. The molecule has 3 nitrogen and oxygen atoms in total. The first-order valence-corrected chi connectivity index (χ1v) is 10.5. The summed E-state index contributed by atoms with van der Waals surface area (Å²) in [6, 6.07) is 15.7. The minimum absolute atomic E-state index is 0.0491. The highest BCUT2D eigenvalue weighted by Gasteiger charge is 2.28. The van der Waals surface area contributed by atoms with Crippen LogP contribution in [0.1, 0.15) is 22.8 Å². The van der Waals surface area contributed by atoms with Gasteiger partial charge in [0.05, 0.1) is 18.8 Å². The molecule has 0 spiro atoms. The van der Waals surface area contributed by atoms with Crippen molar-refractivity contribution in [3.05, 3.63) is 59.7 Å². The molecule has 0 atom stereocenters. The quantitative estimate of drug-likeness (QED) is 0.680. The molecule has 0 radical (unpaired) electrons. The summed E-state index contributed by atoms with van der Waals surface area (Å²) in [5, 5.41) is 12.0. The molecule has 2 rings (SSSR count). The third-order valence-corrected chi connectivity index (χ3v) is 7.59. The van der Waals surface area contributed by atoms with Gasteiger partial charge in [0.15, 0.2) is 0 Å². The largest absolute Gasteiger partial charge is 0.462 e. The van der Waals surface area contributed by atoms with E-state index < -0.39 is 8.07 Å². The van der Waals surface area contributed by atoms with E-state index in [4.69, 9.17) is 4.74 Å². The average Bonchev–Trinajstić information content (AvgIpc) is 2.55. The fourth-order valence-electron chi connectivity index (χ4n) is 2.66. The van der Waals surface area contributed by atoms with Gasteiger partial charge in [-0.25, -0.2) is 4.79 Å².